The molecule has 0 unspecified atom stereocenters. The summed E-state index contributed by atoms with van der Waals surface area (Å²) in [6.07, 6.45) is 0. The fraction of sp³-hybridized carbons (Fsp3) is 0. The van der Waals surface area contributed by atoms with Gasteiger partial charge in [-0.15, -0.1) is 0 Å². The number of fused-ring (bicyclic) bond motifs is 3. The van der Waals surface area contributed by atoms with E-state index in [-0.39, 0.29) is 25.8 Å². The van der Waals surface area contributed by atoms with E-state index in [9.17, 15) is 0 Å². The molecule has 3 aromatic heterocycles. The molecule has 3 radical (unpaired) electrons. The van der Waals surface area contributed by atoms with Gasteiger partial charge in [0.2, 0.25) is 0 Å². The molecule has 0 atom stereocenters. The van der Waals surface area contributed by atoms with Crippen molar-refractivity contribution in [2.75, 3.05) is 0 Å². The molecule has 3 heterocycles. The predicted molar refractivity (Wildman–Crippen MR) is 207 cm³/mol. The summed E-state index contributed by atoms with van der Waals surface area (Å²) in [4.78, 5) is 13.9. The average Bonchev–Trinajstić information content (AvgIpc) is 3.19. The van der Waals surface area contributed by atoms with Crippen molar-refractivity contribution in [2.45, 2.75) is 0 Å². The first-order valence-electron chi connectivity index (χ1n) is 16.0. The van der Waals surface area contributed by atoms with E-state index in [1.165, 1.54) is 16.2 Å². The molecule has 231 valence electrons. The molecule has 0 bridgehead atoms. The van der Waals surface area contributed by atoms with Gasteiger partial charge in [0, 0.05) is 58.7 Å². The number of pyridine rings is 3. The van der Waals surface area contributed by atoms with E-state index in [2.05, 4.69) is 106 Å². The molecule has 3 nitrogen and oxygen atoms in total. The zero-order valence-corrected chi connectivity index (χ0v) is 30.3. The van der Waals surface area contributed by atoms with Crippen molar-refractivity contribution in [2.24, 2.45) is 0 Å². The number of hydrogen-bond acceptors (Lipinski definition) is 3. The van der Waals surface area contributed by atoms with Crippen LogP contribution in [0.4, 0.5) is 0 Å². The third-order valence-electron chi connectivity index (χ3n) is 8.00. The van der Waals surface area contributed by atoms with Crippen LogP contribution in [0.5, 0.6) is 0 Å². The van der Waals surface area contributed by atoms with Crippen LogP contribution in [-0.2, 0) is 0 Å². The van der Waals surface area contributed by atoms with Gasteiger partial charge in [0.1, 0.15) is 0 Å². The first-order valence-corrected chi connectivity index (χ1v) is 16.0. The average molecular weight is 731 g/mol. The molecule has 0 aliphatic rings. The van der Waals surface area contributed by atoms with Gasteiger partial charge in [-0.2, -0.15) is 0 Å². The molecular weight excluding hydrogens is 697 g/mol. The van der Waals surface area contributed by atoms with Crippen LogP contribution in [0.15, 0.2) is 200 Å². The van der Waals surface area contributed by atoms with Gasteiger partial charge in [-0.05, 0) is 36.4 Å². The van der Waals surface area contributed by atoms with Crippen LogP contribution in [0.3, 0.4) is 0 Å². The molecule has 0 fully saturated rings. The van der Waals surface area contributed by atoms with Gasteiger partial charge in [0.15, 0.2) is 0 Å². The van der Waals surface area contributed by atoms with Crippen LogP contribution in [-0.4, -0.2) is 40.8 Å². The Morgan fingerprint density at radius 2 is 0.469 bits per heavy atom. The maximum absolute atomic E-state index is 4.65. The first-order chi connectivity index (χ1) is 23.8. The minimum absolute atomic E-state index is 0. The van der Waals surface area contributed by atoms with Gasteiger partial charge in [-0.1, -0.05) is 164 Å². The Hall–Kier alpha value is -5.58. The molecule has 0 saturated heterocycles. The quantitative estimate of drug-likeness (QED) is 0.182. The number of benzene rings is 6. The molecule has 49 heavy (non-hydrogen) atoms. The van der Waals surface area contributed by atoms with Gasteiger partial charge in [0.05, 0.1) is 33.6 Å². The maximum atomic E-state index is 4.65. The fourth-order valence-corrected chi connectivity index (χ4v) is 5.51. The van der Waals surface area contributed by atoms with Crippen molar-refractivity contribution >= 4 is 58.6 Å². The van der Waals surface area contributed by atoms with Crippen molar-refractivity contribution < 1.29 is 0 Å². The summed E-state index contributed by atoms with van der Waals surface area (Å²) in [5.74, 6) is 0. The number of rotatable bonds is 3. The second-order valence-corrected chi connectivity index (χ2v) is 11.3. The zero-order chi connectivity index (χ0) is 32.4. The summed E-state index contributed by atoms with van der Waals surface area (Å²) in [6, 6.07) is 67.8. The molecule has 0 N–H and O–H groups in total. The largest absolute Gasteiger partial charge is 0.248 e. The SMILES string of the molecule is [In].c1ccc(-c2ccc3ccccc3n2)cc1.c1ccc(-c2ccc3ccccc3n2)cc1.c1ccc(-c2ccc3ccccc3n2)cc1. The summed E-state index contributed by atoms with van der Waals surface area (Å²) in [5.41, 5.74) is 9.70. The monoisotopic (exact) mass is 730 g/mol. The van der Waals surface area contributed by atoms with E-state index in [1.807, 2.05) is 109 Å². The molecular formula is C45H33InN3. The first kappa shape index (κ1) is 33.3. The second-order valence-electron chi connectivity index (χ2n) is 11.3. The predicted octanol–water partition coefficient (Wildman–Crippen LogP) is 11.3. The van der Waals surface area contributed by atoms with E-state index in [0.717, 1.165) is 50.3 Å². The van der Waals surface area contributed by atoms with Crippen LogP contribution in [0, 0.1) is 0 Å². The Morgan fingerprint density at radius 1 is 0.224 bits per heavy atom. The summed E-state index contributed by atoms with van der Waals surface area (Å²) in [5, 5.41) is 3.55. The number of aromatic nitrogens is 3. The van der Waals surface area contributed by atoms with Crippen molar-refractivity contribution in [1.82, 2.24) is 15.0 Å². The molecule has 4 heteroatoms. The van der Waals surface area contributed by atoms with Gasteiger partial charge in [-0.25, -0.2) is 15.0 Å². The van der Waals surface area contributed by atoms with E-state index in [0.29, 0.717) is 0 Å². The summed E-state index contributed by atoms with van der Waals surface area (Å²) >= 11 is 0. The van der Waals surface area contributed by atoms with Gasteiger partial charge in [-0.3, -0.25) is 0 Å². The molecule has 0 spiro atoms. The standard InChI is InChI=1S/3C15H11N.In/c3*1-2-6-12(7-3-1)15-11-10-13-8-4-5-9-14(13)16-15;/h3*1-11H;. The minimum atomic E-state index is 0. The Bertz CT molecular complexity index is 2120. The third kappa shape index (κ3) is 8.48. The Balaban J connectivity index is 0.000000126. The van der Waals surface area contributed by atoms with Gasteiger partial charge in [0.25, 0.3) is 0 Å². The Kier molecular flexibility index (Phi) is 11.2. The Morgan fingerprint density at radius 3 is 0.755 bits per heavy atom. The molecule has 0 amide bonds. The van der Waals surface area contributed by atoms with Crippen molar-refractivity contribution in [3.05, 3.63) is 200 Å². The van der Waals surface area contributed by atoms with Crippen LogP contribution < -0.4 is 0 Å². The van der Waals surface area contributed by atoms with Crippen molar-refractivity contribution in [3.8, 4) is 33.8 Å². The smallest absolute Gasteiger partial charge is 0.0709 e. The maximum Gasteiger partial charge on any atom is 0.0709 e. The fourth-order valence-electron chi connectivity index (χ4n) is 5.51. The summed E-state index contributed by atoms with van der Waals surface area (Å²) in [7, 11) is 0. The molecule has 0 aliphatic heterocycles. The molecule has 6 aromatic carbocycles. The molecule has 0 aliphatic carbocycles. The zero-order valence-electron chi connectivity index (χ0n) is 27.0. The second kappa shape index (κ2) is 16.5. The molecule has 0 saturated carbocycles. The van der Waals surface area contributed by atoms with E-state index < -0.39 is 0 Å². The van der Waals surface area contributed by atoms with Crippen LogP contribution >= 0.6 is 0 Å². The minimum Gasteiger partial charge on any atom is -0.248 e. The molecule has 9 aromatic rings. The van der Waals surface area contributed by atoms with E-state index in [4.69, 9.17) is 0 Å². The number of hydrogen-bond donors (Lipinski definition) is 0. The number of para-hydroxylation sites is 3. The topological polar surface area (TPSA) is 38.7 Å². The van der Waals surface area contributed by atoms with E-state index in [1.54, 1.807) is 0 Å². The van der Waals surface area contributed by atoms with Crippen LogP contribution in [0.25, 0.3) is 66.5 Å². The molecule has 9 rings (SSSR count). The van der Waals surface area contributed by atoms with Crippen LogP contribution in [0.2, 0.25) is 0 Å². The van der Waals surface area contributed by atoms with Gasteiger partial charge >= 0.3 is 0 Å². The van der Waals surface area contributed by atoms with E-state index >= 15 is 0 Å². The van der Waals surface area contributed by atoms with Crippen molar-refractivity contribution in [1.29, 1.82) is 0 Å². The van der Waals surface area contributed by atoms with Crippen LogP contribution in [0.1, 0.15) is 0 Å². The summed E-state index contributed by atoms with van der Waals surface area (Å²) < 4.78 is 0. The third-order valence-corrected chi connectivity index (χ3v) is 8.00. The normalized spacial score (nSPS) is 10.3. The Labute approximate surface area is 305 Å². The van der Waals surface area contributed by atoms with Gasteiger partial charge < -0.3 is 0 Å². The van der Waals surface area contributed by atoms with Crippen molar-refractivity contribution in [3.63, 3.8) is 0 Å². The summed E-state index contributed by atoms with van der Waals surface area (Å²) in [6.45, 7) is 0. The number of nitrogens with zero attached hydrogens (tertiary/aromatic N) is 3.